The number of carbonyl (C=O) groups excluding carboxylic acids is 2. The molecule has 0 aromatic carbocycles. The largest absolute Gasteiger partial charge is 0.446 e. The second-order valence-corrected chi connectivity index (χ2v) is 12.1. The number of carbonyl (C=O) groups is 2. The number of aromatic nitrogens is 1. The van der Waals surface area contributed by atoms with E-state index in [1.165, 1.54) is 0 Å². The van der Waals surface area contributed by atoms with Crippen LogP contribution in [0.3, 0.4) is 0 Å². The molecule has 0 spiro atoms. The molecule has 1 saturated heterocycles. The van der Waals surface area contributed by atoms with Crippen molar-refractivity contribution in [2.45, 2.75) is 82.6 Å². The number of aliphatic hydroxyl groups is 1. The smallest absolute Gasteiger partial charge is 0.410 e. The summed E-state index contributed by atoms with van der Waals surface area (Å²) in [6.07, 6.45) is 6.79. The number of likely N-dealkylation sites (tertiary alicyclic amines) is 1. The van der Waals surface area contributed by atoms with Crippen molar-refractivity contribution in [1.29, 1.82) is 0 Å². The summed E-state index contributed by atoms with van der Waals surface area (Å²) >= 11 is 0. The third-order valence-corrected chi connectivity index (χ3v) is 8.51. The zero-order chi connectivity index (χ0) is 24.3. The van der Waals surface area contributed by atoms with Crippen molar-refractivity contribution in [3.63, 3.8) is 0 Å². The van der Waals surface area contributed by atoms with Crippen LogP contribution in [0.15, 0.2) is 18.3 Å². The van der Waals surface area contributed by atoms with Gasteiger partial charge in [0.05, 0.1) is 11.2 Å². The first kappa shape index (κ1) is 23.4. The molecule has 3 atom stereocenters. The van der Waals surface area contributed by atoms with Crippen LogP contribution in [0, 0.1) is 17.8 Å². The SMILES string of the molecule is CN(C(=O)c1ccc(N[C@@H]2CCN(C(=O)OC3C4CC5CC3CC(O)(C5)C4)C2)nc1)C(C)(C)C. The number of nitrogens with one attached hydrogen (secondary N) is 1. The minimum absolute atomic E-state index is 0.0469. The van der Waals surface area contributed by atoms with Gasteiger partial charge < -0.3 is 25.0 Å². The molecule has 4 aliphatic carbocycles. The van der Waals surface area contributed by atoms with E-state index in [1.54, 1.807) is 29.1 Å². The van der Waals surface area contributed by atoms with Gasteiger partial charge in [-0.3, -0.25) is 4.79 Å². The number of nitrogens with zero attached hydrogens (tertiary/aromatic N) is 3. The number of pyridine rings is 1. The third kappa shape index (κ3) is 4.49. The van der Waals surface area contributed by atoms with Gasteiger partial charge in [0.1, 0.15) is 11.9 Å². The lowest BCUT2D eigenvalue weighted by atomic mass is 9.53. The van der Waals surface area contributed by atoms with Crippen LogP contribution in [-0.2, 0) is 4.74 Å². The van der Waals surface area contributed by atoms with E-state index in [0.717, 1.165) is 38.5 Å². The molecule has 186 valence electrons. The molecule has 5 fully saturated rings. The summed E-state index contributed by atoms with van der Waals surface area (Å²) in [7, 11) is 1.80. The van der Waals surface area contributed by atoms with Crippen LogP contribution in [-0.4, -0.2) is 75.3 Å². The Morgan fingerprint density at radius 3 is 2.50 bits per heavy atom. The predicted molar refractivity (Wildman–Crippen MR) is 128 cm³/mol. The Morgan fingerprint density at radius 2 is 1.91 bits per heavy atom. The molecule has 8 nitrogen and oxygen atoms in total. The highest BCUT2D eigenvalue weighted by Gasteiger charge is 2.56. The minimum Gasteiger partial charge on any atom is -0.446 e. The first-order valence-electron chi connectivity index (χ1n) is 12.7. The maximum Gasteiger partial charge on any atom is 0.410 e. The van der Waals surface area contributed by atoms with Crippen molar-refractivity contribution in [3.05, 3.63) is 23.9 Å². The van der Waals surface area contributed by atoms with Gasteiger partial charge in [-0.1, -0.05) is 0 Å². The Hall–Kier alpha value is -2.35. The average Bonchev–Trinajstić information content (AvgIpc) is 3.22. The monoisotopic (exact) mass is 470 g/mol. The summed E-state index contributed by atoms with van der Waals surface area (Å²) in [6, 6.07) is 3.71. The second kappa shape index (κ2) is 8.40. The third-order valence-electron chi connectivity index (χ3n) is 8.51. The van der Waals surface area contributed by atoms with Gasteiger partial charge in [-0.2, -0.15) is 0 Å². The number of amides is 2. The lowest BCUT2D eigenvalue weighted by Crippen LogP contribution is -2.58. The molecule has 1 aliphatic heterocycles. The standard InChI is InChI=1S/C26H38N4O4/c1-25(2,3)29(4)23(31)17-5-6-21(27-14-17)28-20-7-8-30(15-20)24(32)34-22-18-9-16-10-19(22)13-26(33,11-16)12-18/h5-6,14,16,18-20,22,33H,7-13,15H2,1-4H3,(H,27,28)/t16?,18?,19?,20-,22?,26?/m1/s1. The van der Waals surface area contributed by atoms with Crippen molar-refractivity contribution < 1.29 is 19.4 Å². The van der Waals surface area contributed by atoms with Gasteiger partial charge >= 0.3 is 6.09 Å². The Bertz CT molecular complexity index is 927. The van der Waals surface area contributed by atoms with Crippen LogP contribution in [0.2, 0.25) is 0 Å². The van der Waals surface area contributed by atoms with E-state index in [9.17, 15) is 14.7 Å². The molecule has 4 bridgehead atoms. The topological polar surface area (TPSA) is 95.0 Å². The van der Waals surface area contributed by atoms with Gasteiger partial charge in [-0.25, -0.2) is 9.78 Å². The molecule has 2 unspecified atom stereocenters. The molecular formula is C26H38N4O4. The highest BCUT2D eigenvalue weighted by molar-refractivity contribution is 5.94. The number of hydrogen-bond donors (Lipinski definition) is 2. The van der Waals surface area contributed by atoms with E-state index in [-0.39, 0.29) is 29.7 Å². The lowest BCUT2D eigenvalue weighted by molar-refractivity contribution is -0.177. The Kier molecular flexibility index (Phi) is 5.78. The van der Waals surface area contributed by atoms with Crippen molar-refractivity contribution in [2.75, 3.05) is 25.5 Å². The average molecular weight is 471 g/mol. The molecule has 1 aromatic heterocycles. The van der Waals surface area contributed by atoms with Crippen LogP contribution in [0.4, 0.5) is 10.6 Å². The molecule has 2 amide bonds. The molecular weight excluding hydrogens is 432 g/mol. The number of anilines is 1. The zero-order valence-corrected chi connectivity index (χ0v) is 20.8. The summed E-state index contributed by atoms with van der Waals surface area (Å²) in [6.45, 7) is 7.21. The molecule has 1 aromatic rings. The van der Waals surface area contributed by atoms with Crippen LogP contribution in [0.1, 0.15) is 69.7 Å². The van der Waals surface area contributed by atoms with Crippen molar-refractivity contribution in [2.24, 2.45) is 17.8 Å². The van der Waals surface area contributed by atoms with Gasteiger partial charge in [0.2, 0.25) is 0 Å². The van der Waals surface area contributed by atoms with Crippen molar-refractivity contribution in [1.82, 2.24) is 14.8 Å². The summed E-state index contributed by atoms with van der Waals surface area (Å²) in [4.78, 5) is 33.5. The molecule has 2 heterocycles. The molecule has 6 rings (SSSR count). The Balaban J connectivity index is 1.13. The van der Waals surface area contributed by atoms with E-state index < -0.39 is 5.60 Å². The fourth-order valence-electron chi connectivity index (χ4n) is 6.68. The molecule has 2 N–H and O–H groups in total. The normalized spacial score (nSPS) is 34.3. The van der Waals surface area contributed by atoms with Crippen molar-refractivity contribution in [3.8, 4) is 0 Å². The fourth-order valence-corrected chi connectivity index (χ4v) is 6.68. The number of rotatable bonds is 4. The van der Waals surface area contributed by atoms with Crippen LogP contribution < -0.4 is 5.32 Å². The predicted octanol–water partition coefficient (Wildman–Crippen LogP) is 3.51. The van der Waals surface area contributed by atoms with E-state index in [2.05, 4.69) is 10.3 Å². The molecule has 34 heavy (non-hydrogen) atoms. The van der Waals surface area contributed by atoms with Crippen LogP contribution in [0.5, 0.6) is 0 Å². The van der Waals surface area contributed by atoms with Gasteiger partial charge in [-0.05, 0) is 89.2 Å². The Morgan fingerprint density at radius 1 is 1.21 bits per heavy atom. The fraction of sp³-hybridized carbons (Fsp3) is 0.731. The Labute approximate surface area is 202 Å². The molecule has 4 saturated carbocycles. The van der Waals surface area contributed by atoms with E-state index in [1.807, 2.05) is 26.8 Å². The molecule has 8 heteroatoms. The minimum atomic E-state index is -0.516. The van der Waals surface area contributed by atoms with E-state index >= 15 is 0 Å². The zero-order valence-electron chi connectivity index (χ0n) is 20.8. The van der Waals surface area contributed by atoms with Gasteiger partial charge in [-0.15, -0.1) is 0 Å². The number of ether oxygens (including phenoxy) is 1. The molecule has 5 aliphatic rings. The van der Waals surface area contributed by atoms with Gasteiger partial charge in [0.25, 0.3) is 5.91 Å². The highest BCUT2D eigenvalue weighted by atomic mass is 16.6. The maximum absolute atomic E-state index is 12.9. The van der Waals surface area contributed by atoms with Crippen molar-refractivity contribution >= 4 is 17.8 Å². The van der Waals surface area contributed by atoms with Gasteiger partial charge in [0.15, 0.2) is 0 Å². The lowest BCUT2D eigenvalue weighted by Gasteiger charge is -2.57. The second-order valence-electron chi connectivity index (χ2n) is 12.1. The van der Waals surface area contributed by atoms with Crippen LogP contribution >= 0.6 is 0 Å². The van der Waals surface area contributed by atoms with Gasteiger partial charge in [0, 0.05) is 37.9 Å². The highest BCUT2D eigenvalue weighted by Crippen LogP contribution is 2.56. The summed E-state index contributed by atoms with van der Waals surface area (Å²) in [5.74, 6) is 1.85. The van der Waals surface area contributed by atoms with E-state index in [4.69, 9.17) is 4.74 Å². The first-order chi connectivity index (χ1) is 16.0. The summed E-state index contributed by atoms with van der Waals surface area (Å²) in [5.41, 5.74) is -0.219. The maximum atomic E-state index is 12.9. The summed E-state index contributed by atoms with van der Waals surface area (Å²) in [5, 5.41) is 14.2. The summed E-state index contributed by atoms with van der Waals surface area (Å²) < 4.78 is 6.04. The van der Waals surface area contributed by atoms with E-state index in [0.29, 0.717) is 42.2 Å². The first-order valence-corrected chi connectivity index (χ1v) is 12.7. The molecule has 0 radical (unpaired) electrons. The quantitative estimate of drug-likeness (QED) is 0.699. The number of hydrogen-bond acceptors (Lipinski definition) is 6. The van der Waals surface area contributed by atoms with Crippen LogP contribution in [0.25, 0.3) is 0 Å².